The van der Waals surface area contributed by atoms with Gasteiger partial charge in [-0.1, -0.05) is 17.7 Å². The van der Waals surface area contributed by atoms with Gasteiger partial charge in [0, 0.05) is 18.8 Å². The molecule has 0 spiro atoms. The fourth-order valence-corrected chi connectivity index (χ4v) is 3.14. The number of rotatable bonds is 6. The minimum absolute atomic E-state index is 0.00706. The molecule has 0 saturated carbocycles. The number of hydrogen-bond donors (Lipinski definition) is 1. The van der Waals surface area contributed by atoms with Crippen molar-refractivity contribution < 1.29 is 49.0 Å². The van der Waals surface area contributed by atoms with Crippen LogP contribution in [0.1, 0.15) is 15.9 Å². The maximum absolute atomic E-state index is 13.7. The summed E-state index contributed by atoms with van der Waals surface area (Å²) in [4.78, 5) is 11.5. The van der Waals surface area contributed by atoms with Crippen molar-refractivity contribution in [2.45, 2.75) is 24.6 Å². The molecule has 1 atom stereocenters. The second-order valence-corrected chi connectivity index (χ2v) is 7.33. The van der Waals surface area contributed by atoms with Crippen LogP contribution < -0.4 is 10.5 Å². The number of carbonyl (C=O) groups is 1. The third-order valence-corrected chi connectivity index (χ3v) is 4.78. The van der Waals surface area contributed by atoms with Crippen LogP contribution in [0.4, 0.5) is 39.5 Å². The molecule has 3 rings (SSSR count). The van der Waals surface area contributed by atoms with Gasteiger partial charge in [0.15, 0.2) is 11.4 Å². The van der Waals surface area contributed by atoms with E-state index in [0.717, 1.165) is 19.4 Å². The first-order valence-electron chi connectivity index (χ1n) is 9.00. The molecule has 3 aromatic rings. The Morgan fingerprint density at radius 3 is 2.29 bits per heavy atom. The number of ether oxygens (including phenoxy) is 1. The predicted molar refractivity (Wildman–Crippen MR) is 101 cm³/mol. The van der Waals surface area contributed by atoms with E-state index < -0.39 is 47.8 Å². The Kier molecular flexibility index (Phi) is 6.47. The summed E-state index contributed by atoms with van der Waals surface area (Å²) in [6.07, 6.45) is -20.3. The molecule has 0 aliphatic heterocycles. The number of hydrogen-bond acceptors (Lipinski definition) is 4. The van der Waals surface area contributed by atoms with E-state index in [9.17, 15) is 44.3 Å². The Bertz CT molecular complexity index is 1270. The van der Waals surface area contributed by atoms with Crippen LogP contribution >= 0.6 is 11.6 Å². The van der Waals surface area contributed by atoms with Crippen LogP contribution in [-0.2, 0) is 13.2 Å². The van der Waals surface area contributed by atoms with E-state index in [1.807, 2.05) is 0 Å². The van der Waals surface area contributed by atoms with Gasteiger partial charge in [-0.2, -0.15) is 40.2 Å². The number of aromatic nitrogens is 4. The third kappa shape index (κ3) is 5.16. The molecule has 2 aromatic heterocycles. The van der Waals surface area contributed by atoms with Gasteiger partial charge in [-0.25, -0.2) is 13.8 Å². The molecule has 35 heavy (non-hydrogen) atoms. The van der Waals surface area contributed by atoms with Gasteiger partial charge in [0.2, 0.25) is 5.91 Å². The first-order valence-corrected chi connectivity index (χ1v) is 9.38. The maximum atomic E-state index is 13.7. The summed E-state index contributed by atoms with van der Waals surface area (Å²) >= 11 is 5.85. The molecule has 0 saturated heterocycles. The maximum Gasteiger partial charge on any atom is 0.440 e. The summed E-state index contributed by atoms with van der Waals surface area (Å²) in [5.74, 6) is -3.95. The van der Waals surface area contributed by atoms with E-state index in [4.69, 9.17) is 17.3 Å². The molecular formula is C18H11ClF9N5O2. The van der Waals surface area contributed by atoms with Crippen LogP contribution in [0.25, 0.3) is 16.9 Å². The molecular weight excluding hydrogens is 525 g/mol. The van der Waals surface area contributed by atoms with Crippen molar-refractivity contribution in [2.24, 2.45) is 12.8 Å². The zero-order valence-corrected chi connectivity index (χ0v) is 17.7. The Balaban J connectivity index is 2.10. The van der Waals surface area contributed by atoms with E-state index in [2.05, 4.69) is 14.9 Å². The van der Waals surface area contributed by atoms with Crippen LogP contribution in [0.5, 0.6) is 5.88 Å². The molecule has 2 heterocycles. The minimum atomic E-state index is -6.13. The molecule has 0 radical (unpaired) electrons. The Morgan fingerprint density at radius 1 is 1.11 bits per heavy atom. The van der Waals surface area contributed by atoms with Crippen LogP contribution in [0.15, 0.2) is 30.6 Å². The molecule has 1 amide bonds. The number of aryl methyl sites for hydroxylation is 1. The molecule has 0 bridgehead atoms. The first kappa shape index (κ1) is 26.2. The summed E-state index contributed by atoms with van der Waals surface area (Å²) in [6.45, 7) is 0. The molecule has 1 aromatic carbocycles. The SMILES string of the molecule is Cn1nc(OC(F)(F)C(F)C(F)(F)F)c(C(F)(F)F)c1-n1cc(-c2ccc(Cl)c(C(N)=O)c2)cn1. The largest absolute Gasteiger partial charge is 0.440 e. The highest BCUT2D eigenvalue weighted by Crippen LogP contribution is 2.44. The lowest BCUT2D eigenvalue weighted by Gasteiger charge is -2.22. The number of halogens is 10. The number of nitrogens with zero attached hydrogens (tertiary/aromatic N) is 4. The Labute approximate surface area is 193 Å². The topological polar surface area (TPSA) is 88.0 Å². The average molecular weight is 536 g/mol. The van der Waals surface area contributed by atoms with Crippen molar-refractivity contribution in [1.29, 1.82) is 0 Å². The fourth-order valence-electron chi connectivity index (χ4n) is 2.93. The Morgan fingerprint density at radius 2 is 1.74 bits per heavy atom. The van der Waals surface area contributed by atoms with Crippen LogP contribution in [0.3, 0.4) is 0 Å². The number of alkyl halides is 9. The van der Waals surface area contributed by atoms with Gasteiger partial charge in [-0.3, -0.25) is 4.79 Å². The van der Waals surface area contributed by atoms with Crippen LogP contribution in [0.2, 0.25) is 5.02 Å². The number of benzene rings is 1. The number of nitrogens with two attached hydrogens (primary N) is 1. The van der Waals surface area contributed by atoms with E-state index >= 15 is 0 Å². The van der Waals surface area contributed by atoms with Gasteiger partial charge in [0.25, 0.3) is 12.1 Å². The molecule has 1 unspecified atom stereocenters. The van der Waals surface area contributed by atoms with Crippen molar-refractivity contribution in [2.75, 3.05) is 0 Å². The number of amides is 1. The van der Waals surface area contributed by atoms with Crippen molar-refractivity contribution in [3.8, 4) is 22.8 Å². The van der Waals surface area contributed by atoms with Gasteiger partial charge in [0.05, 0.1) is 16.8 Å². The summed E-state index contributed by atoms with van der Waals surface area (Å²) in [5, 5.41) is 6.74. The normalized spacial score (nSPS) is 13.7. The molecule has 17 heteroatoms. The minimum Gasteiger partial charge on any atom is -0.410 e. The smallest absolute Gasteiger partial charge is 0.410 e. The van der Waals surface area contributed by atoms with Crippen LogP contribution in [0, 0.1) is 0 Å². The number of primary amides is 1. The quantitative estimate of drug-likeness (QED) is 0.454. The van der Waals surface area contributed by atoms with E-state index in [0.29, 0.717) is 9.36 Å². The number of carbonyl (C=O) groups excluding carboxylic acids is 1. The average Bonchev–Trinajstić information content (AvgIpc) is 3.30. The summed E-state index contributed by atoms with van der Waals surface area (Å²) in [7, 11) is 0.834. The zero-order chi connectivity index (χ0) is 26.5. The van der Waals surface area contributed by atoms with Crippen molar-refractivity contribution in [3.05, 3.63) is 46.7 Å². The molecule has 2 N–H and O–H groups in total. The molecule has 0 aliphatic carbocycles. The second-order valence-electron chi connectivity index (χ2n) is 6.93. The van der Waals surface area contributed by atoms with Crippen LogP contribution in [-0.4, -0.2) is 43.9 Å². The highest BCUT2D eigenvalue weighted by Gasteiger charge is 2.60. The summed E-state index contributed by atoms with van der Waals surface area (Å²) in [6, 6.07) is 3.87. The van der Waals surface area contributed by atoms with Gasteiger partial charge in [-0.05, 0) is 17.7 Å². The standard InChI is InChI=1S/C18H11ClF9N5O2/c1-32-14(33-6-8(5-30-33)7-2-3-10(19)9(4-7)12(29)34)11(16(21,22)23)13(31-32)35-18(27,28)15(20)17(24,25)26/h2-6,15H,1H3,(H2,29,34). The highest BCUT2D eigenvalue weighted by molar-refractivity contribution is 6.33. The predicted octanol–water partition coefficient (Wildman–Crippen LogP) is 4.92. The third-order valence-electron chi connectivity index (χ3n) is 4.45. The zero-order valence-electron chi connectivity index (χ0n) is 16.9. The van der Waals surface area contributed by atoms with Gasteiger partial charge < -0.3 is 10.5 Å². The van der Waals surface area contributed by atoms with Gasteiger partial charge >= 0.3 is 18.5 Å². The molecule has 190 valence electrons. The lowest BCUT2D eigenvalue weighted by molar-refractivity contribution is -0.306. The van der Waals surface area contributed by atoms with Crippen molar-refractivity contribution in [1.82, 2.24) is 19.6 Å². The Hall–Kier alpha value is -3.43. The van der Waals surface area contributed by atoms with E-state index in [1.54, 1.807) is 0 Å². The monoisotopic (exact) mass is 535 g/mol. The fraction of sp³-hybridized carbons (Fsp3) is 0.278. The van der Waals surface area contributed by atoms with Gasteiger partial charge in [0.1, 0.15) is 0 Å². The van der Waals surface area contributed by atoms with E-state index in [1.165, 1.54) is 18.2 Å². The lowest BCUT2D eigenvalue weighted by atomic mass is 10.1. The highest BCUT2D eigenvalue weighted by atomic mass is 35.5. The van der Waals surface area contributed by atoms with Crippen molar-refractivity contribution >= 4 is 17.5 Å². The summed E-state index contributed by atoms with van der Waals surface area (Å²) in [5.41, 5.74) is 3.36. The molecule has 0 aliphatic rings. The molecule has 0 fully saturated rings. The summed E-state index contributed by atoms with van der Waals surface area (Å²) < 4.78 is 123. The lowest BCUT2D eigenvalue weighted by Crippen LogP contribution is -2.46. The first-order chi connectivity index (χ1) is 15.9. The van der Waals surface area contributed by atoms with Gasteiger partial charge in [-0.15, -0.1) is 5.10 Å². The van der Waals surface area contributed by atoms with Crippen molar-refractivity contribution in [3.63, 3.8) is 0 Å². The molecule has 7 nitrogen and oxygen atoms in total. The van der Waals surface area contributed by atoms with E-state index in [-0.39, 0.29) is 21.7 Å². The second kappa shape index (κ2) is 8.66.